The first-order valence-corrected chi connectivity index (χ1v) is 7.38. The molecule has 0 saturated carbocycles. The summed E-state index contributed by atoms with van der Waals surface area (Å²) in [6, 6.07) is 11.1. The van der Waals surface area contributed by atoms with E-state index in [1.54, 1.807) is 31.2 Å². The summed E-state index contributed by atoms with van der Waals surface area (Å²) in [6.45, 7) is 1.79. The predicted octanol–water partition coefficient (Wildman–Crippen LogP) is 2.17. The lowest BCUT2D eigenvalue weighted by molar-refractivity contribution is -0.384. The van der Waals surface area contributed by atoms with Crippen molar-refractivity contribution >= 4 is 23.2 Å². The zero-order chi connectivity index (χ0) is 18.4. The topological polar surface area (TPSA) is 111 Å². The summed E-state index contributed by atoms with van der Waals surface area (Å²) in [4.78, 5) is 34.2. The lowest BCUT2D eigenvalue weighted by Crippen LogP contribution is -2.35. The first-order valence-electron chi connectivity index (χ1n) is 7.38. The number of carbonyl (C=O) groups excluding carboxylic acids is 2. The fraction of sp³-hybridized carbons (Fsp3) is 0.176. The van der Waals surface area contributed by atoms with Gasteiger partial charge < -0.3 is 15.4 Å². The fourth-order valence-electron chi connectivity index (χ4n) is 2.14. The molecule has 0 bridgehead atoms. The van der Waals surface area contributed by atoms with Gasteiger partial charge in [0.15, 0.2) is 0 Å². The Labute approximate surface area is 144 Å². The number of non-ortho nitro benzene ring substituents is 1. The number of nitro benzene ring substituents is 1. The van der Waals surface area contributed by atoms with Gasteiger partial charge in [0.1, 0.15) is 5.75 Å². The number of aryl methyl sites for hydroxylation is 1. The molecule has 0 unspecified atom stereocenters. The second-order valence-electron chi connectivity index (χ2n) is 5.20. The number of ether oxygens (including phenoxy) is 1. The molecule has 0 heterocycles. The van der Waals surface area contributed by atoms with E-state index in [0.29, 0.717) is 11.3 Å². The molecule has 0 atom stereocenters. The number of nitrogens with one attached hydrogen (secondary N) is 2. The Balaban J connectivity index is 2.02. The summed E-state index contributed by atoms with van der Waals surface area (Å²) in [5.74, 6) is -1.16. The first-order chi connectivity index (χ1) is 11.9. The molecule has 130 valence electrons. The van der Waals surface area contributed by atoms with Gasteiger partial charge >= 0.3 is 11.8 Å². The van der Waals surface area contributed by atoms with Crippen molar-refractivity contribution in [3.8, 4) is 5.75 Å². The summed E-state index contributed by atoms with van der Waals surface area (Å²) in [5, 5.41) is 15.7. The summed E-state index contributed by atoms with van der Waals surface area (Å²) in [6.07, 6.45) is 0. The minimum Gasteiger partial charge on any atom is -0.496 e. The van der Waals surface area contributed by atoms with Gasteiger partial charge in [0.05, 0.1) is 17.7 Å². The second-order valence-corrected chi connectivity index (χ2v) is 5.20. The van der Waals surface area contributed by atoms with Crippen LogP contribution in [-0.2, 0) is 16.1 Å². The highest BCUT2D eigenvalue weighted by molar-refractivity contribution is 6.39. The lowest BCUT2D eigenvalue weighted by Gasteiger charge is -2.10. The second kappa shape index (κ2) is 7.91. The molecule has 25 heavy (non-hydrogen) atoms. The van der Waals surface area contributed by atoms with E-state index in [4.69, 9.17) is 4.74 Å². The van der Waals surface area contributed by atoms with Gasteiger partial charge in [-0.1, -0.05) is 24.3 Å². The Kier molecular flexibility index (Phi) is 5.67. The van der Waals surface area contributed by atoms with Crippen molar-refractivity contribution in [3.05, 3.63) is 63.7 Å². The number of hydrogen-bond acceptors (Lipinski definition) is 5. The van der Waals surface area contributed by atoms with E-state index in [1.807, 2.05) is 0 Å². The highest BCUT2D eigenvalue weighted by Gasteiger charge is 2.17. The zero-order valence-electron chi connectivity index (χ0n) is 13.7. The minimum absolute atomic E-state index is 0.115. The Morgan fingerprint density at radius 2 is 1.88 bits per heavy atom. The third kappa shape index (κ3) is 4.54. The Hall–Kier alpha value is -3.42. The molecule has 2 N–H and O–H groups in total. The predicted molar refractivity (Wildman–Crippen MR) is 91.3 cm³/mol. The van der Waals surface area contributed by atoms with Gasteiger partial charge in [-0.3, -0.25) is 19.7 Å². The Bertz CT molecular complexity index is 820. The van der Waals surface area contributed by atoms with E-state index in [9.17, 15) is 19.7 Å². The maximum atomic E-state index is 12.0. The molecular weight excluding hydrogens is 326 g/mol. The number of nitro groups is 1. The molecular formula is C17H17N3O5. The van der Waals surface area contributed by atoms with Crippen LogP contribution in [0.25, 0.3) is 0 Å². The van der Waals surface area contributed by atoms with Gasteiger partial charge in [-0.25, -0.2) is 0 Å². The van der Waals surface area contributed by atoms with E-state index >= 15 is 0 Å². The summed E-state index contributed by atoms with van der Waals surface area (Å²) < 4.78 is 5.17. The third-order valence-electron chi connectivity index (χ3n) is 3.52. The molecule has 0 spiro atoms. The number of amides is 2. The van der Waals surface area contributed by atoms with Crippen LogP contribution in [0.3, 0.4) is 0 Å². The van der Waals surface area contributed by atoms with Crippen molar-refractivity contribution in [1.29, 1.82) is 0 Å². The van der Waals surface area contributed by atoms with Crippen molar-refractivity contribution in [2.75, 3.05) is 12.4 Å². The van der Waals surface area contributed by atoms with Crippen LogP contribution in [0, 0.1) is 17.0 Å². The Morgan fingerprint density at radius 3 is 2.56 bits per heavy atom. The quantitative estimate of drug-likeness (QED) is 0.491. The molecule has 2 rings (SSSR count). The van der Waals surface area contributed by atoms with Gasteiger partial charge in [-0.15, -0.1) is 0 Å². The number of carbonyl (C=O) groups is 2. The van der Waals surface area contributed by atoms with Gasteiger partial charge in [0, 0.05) is 24.2 Å². The van der Waals surface area contributed by atoms with Crippen molar-refractivity contribution < 1.29 is 19.2 Å². The number of hydrogen-bond donors (Lipinski definition) is 2. The van der Waals surface area contributed by atoms with Crippen molar-refractivity contribution in [2.24, 2.45) is 0 Å². The van der Waals surface area contributed by atoms with E-state index < -0.39 is 16.7 Å². The highest BCUT2D eigenvalue weighted by atomic mass is 16.6. The number of nitrogens with zero attached hydrogens (tertiary/aromatic N) is 1. The van der Waals surface area contributed by atoms with Crippen LogP contribution in [0.4, 0.5) is 11.4 Å². The van der Waals surface area contributed by atoms with Crippen molar-refractivity contribution in [2.45, 2.75) is 13.5 Å². The maximum absolute atomic E-state index is 12.0. The maximum Gasteiger partial charge on any atom is 0.313 e. The molecule has 0 radical (unpaired) electrons. The molecule has 0 aliphatic rings. The molecule has 2 aromatic rings. The number of para-hydroxylation sites is 1. The third-order valence-corrected chi connectivity index (χ3v) is 3.52. The highest BCUT2D eigenvalue weighted by Crippen LogP contribution is 2.21. The molecule has 2 aromatic carbocycles. The number of rotatable bonds is 5. The minimum atomic E-state index is -0.904. The fourth-order valence-corrected chi connectivity index (χ4v) is 2.14. The van der Waals surface area contributed by atoms with Crippen LogP contribution in [-0.4, -0.2) is 23.8 Å². The molecule has 0 saturated heterocycles. The van der Waals surface area contributed by atoms with Gasteiger partial charge in [-0.2, -0.15) is 0 Å². The number of anilines is 1. The van der Waals surface area contributed by atoms with Crippen LogP contribution >= 0.6 is 0 Å². The molecule has 0 aliphatic carbocycles. The molecule has 0 aliphatic heterocycles. The standard InChI is InChI=1S/C17H17N3O5/c1-11-7-8-13(20(23)24)9-14(11)19-17(22)16(21)18-10-12-5-3-4-6-15(12)25-2/h3-9H,10H2,1-2H3,(H,18,21)(H,19,22). The van der Waals surface area contributed by atoms with Gasteiger partial charge in [0.2, 0.25) is 0 Å². The lowest BCUT2D eigenvalue weighted by atomic mass is 10.2. The summed E-state index contributed by atoms with van der Waals surface area (Å²) in [5.41, 5.74) is 1.37. The molecule has 2 amide bonds. The largest absolute Gasteiger partial charge is 0.496 e. The first kappa shape index (κ1) is 17.9. The molecule has 0 aromatic heterocycles. The monoisotopic (exact) mass is 343 g/mol. The SMILES string of the molecule is COc1ccccc1CNC(=O)C(=O)Nc1cc([N+](=O)[O-])ccc1C. The molecule has 0 fully saturated rings. The average molecular weight is 343 g/mol. The van der Waals surface area contributed by atoms with Crippen LogP contribution in [0.2, 0.25) is 0 Å². The number of methoxy groups -OCH3 is 1. The average Bonchev–Trinajstić information content (AvgIpc) is 2.61. The van der Waals surface area contributed by atoms with E-state index in [2.05, 4.69) is 10.6 Å². The van der Waals surface area contributed by atoms with Crippen LogP contribution in [0.15, 0.2) is 42.5 Å². The van der Waals surface area contributed by atoms with E-state index in [0.717, 1.165) is 5.56 Å². The molecule has 8 heteroatoms. The van der Waals surface area contributed by atoms with Gasteiger partial charge in [-0.05, 0) is 18.6 Å². The van der Waals surface area contributed by atoms with Crippen LogP contribution < -0.4 is 15.4 Å². The summed E-state index contributed by atoms with van der Waals surface area (Å²) >= 11 is 0. The Morgan fingerprint density at radius 1 is 1.16 bits per heavy atom. The molecule has 8 nitrogen and oxygen atoms in total. The zero-order valence-corrected chi connectivity index (χ0v) is 13.7. The smallest absolute Gasteiger partial charge is 0.313 e. The van der Waals surface area contributed by atoms with Crippen molar-refractivity contribution in [1.82, 2.24) is 5.32 Å². The summed E-state index contributed by atoms with van der Waals surface area (Å²) in [7, 11) is 1.51. The van der Waals surface area contributed by atoms with Crippen LogP contribution in [0.5, 0.6) is 5.75 Å². The van der Waals surface area contributed by atoms with Gasteiger partial charge in [0.25, 0.3) is 5.69 Å². The van der Waals surface area contributed by atoms with Crippen LogP contribution in [0.1, 0.15) is 11.1 Å². The van der Waals surface area contributed by atoms with Crippen molar-refractivity contribution in [3.63, 3.8) is 0 Å². The van der Waals surface area contributed by atoms with E-state index in [1.165, 1.54) is 25.3 Å². The normalized spacial score (nSPS) is 10.0. The van der Waals surface area contributed by atoms with E-state index in [-0.39, 0.29) is 17.9 Å². The number of benzene rings is 2.